The lowest BCUT2D eigenvalue weighted by Crippen LogP contribution is -2.72. The number of rotatable bonds is 5. The van der Waals surface area contributed by atoms with Gasteiger partial charge < -0.3 is 4.43 Å². The minimum Gasteiger partial charge on any atom is -0.400 e. The summed E-state index contributed by atoms with van der Waals surface area (Å²) in [5.74, 6) is 0.765. The van der Waals surface area contributed by atoms with E-state index in [1.165, 1.54) is 34.8 Å². The topological polar surface area (TPSA) is 9.23 Å². The Morgan fingerprint density at radius 1 is 0.700 bits per heavy atom. The lowest BCUT2D eigenvalue weighted by Gasteiger charge is -2.48. The Bertz CT molecular complexity index is 897. The van der Waals surface area contributed by atoms with E-state index in [-0.39, 0.29) is 16.9 Å². The van der Waals surface area contributed by atoms with Crippen molar-refractivity contribution in [2.75, 3.05) is 0 Å². The zero-order valence-corrected chi connectivity index (χ0v) is 19.3. The van der Waals surface area contributed by atoms with Gasteiger partial charge in [0.25, 0.3) is 8.32 Å². The summed E-state index contributed by atoms with van der Waals surface area (Å²) in [7, 11) is -2.66. The second-order valence-electron chi connectivity index (χ2n) is 10.2. The molecule has 30 heavy (non-hydrogen) atoms. The quantitative estimate of drug-likeness (QED) is 0.428. The minimum atomic E-state index is -2.66. The van der Waals surface area contributed by atoms with Crippen LogP contribution in [0.5, 0.6) is 0 Å². The van der Waals surface area contributed by atoms with E-state index >= 15 is 0 Å². The van der Waals surface area contributed by atoms with Gasteiger partial charge in [-0.2, -0.15) is 0 Å². The van der Waals surface area contributed by atoms with E-state index in [4.69, 9.17) is 4.43 Å². The average molecular weight is 413 g/mol. The first kappa shape index (κ1) is 19.8. The van der Waals surface area contributed by atoms with Crippen LogP contribution in [-0.2, 0) is 4.43 Å². The molecular weight excluding hydrogens is 380 g/mol. The van der Waals surface area contributed by atoms with Gasteiger partial charge in [-0.1, -0.05) is 112 Å². The smallest absolute Gasteiger partial charge is 0.288 e. The van der Waals surface area contributed by atoms with Crippen LogP contribution in [-0.4, -0.2) is 14.4 Å². The van der Waals surface area contributed by atoms with Gasteiger partial charge in [-0.3, -0.25) is 0 Å². The van der Waals surface area contributed by atoms with Crippen LogP contribution >= 0.6 is 0 Å². The Balaban J connectivity index is 1.75. The summed E-state index contributed by atoms with van der Waals surface area (Å²) in [6, 6.07) is 33.1. The minimum absolute atomic E-state index is 0.198. The van der Waals surface area contributed by atoms with Gasteiger partial charge in [0, 0.05) is 0 Å². The molecule has 0 N–H and O–H groups in total. The summed E-state index contributed by atoms with van der Waals surface area (Å²) < 4.78 is 7.65. The lowest BCUT2D eigenvalue weighted by atomic mass is 9.70. The highest BCUT2D eigenvalue weighted by molar-refractivity contribution is 7.07. The summed E-state index contributed by atoms with van der Waals surface area (Å²) >= 11 is 0. The van der Waals surface area contributed by atoms with Crippen molar-refractivity contribution < 1.29 is 4.43 Å². The van der Waals surface area contributed by atoms with Gasteiger partial charge in [-0.15, -0.1) is 0 Å². The molecule has 0 radical (unpaired) electrons. The molecule has 2 saturated carbocycles. The molecule has 0 saturated heterocycles. The zero-order valence-electron chi connectivity index (χ0n) is 18.3. The lowest BCUT2D eigenvalue weighted by molar-refractivity contribution is -0.0167. The van der Waals surface area contributed by atoms with Crippen molar-refractivity contribution in [3.05, 3.63) is 91.0 Å². The highest BCUT2D eigenvalue weighted by atomic mass is 28.4. The Morgan fingerprint density at radius 2 is 1.13 bits per heavy atom. The fraction of sp³-hybridized carbons (Fsp3) is 0.357. The maximum absolute atomic E-state index is 7.65. The number of fused-ring (bicyclic) bond motifs is 2. The van der Waals surface area contributed by atoms with Crippen LogP contribution in [0.2, 0.25) is 0 Å². The van der Waals surface area contributed by atoms with E-state index in [1.54, 1.807) is 0 Å². The normalized spacial score (nSPS) is 27.3. The SMILES string of the molecule is CC12CCC(C1)C(C)(C)C2O[Si](c1ccccc1)(c1ccccc1)c1ccccc1. The van der Waals surface area contributed by atoms with E-state index in [9.17, 15) is 0 Å². The fourth-order valence-corrected chi connectivity index (χ4v) is 10.8. The molecular formula is C28H32OSi. The molecule has 3 atom stereocenters. The monoisotopic (exact) mass is 412 g/mol. The zero-order chi connectivity index (χ0) is 20.8. The van der Waals surface area contributed by atoms with Crippen LogP contribution in [0.3, 0.4) is 0 Å². The standard InChI is InChI=1S/C28H32OSi/c1-27(2)22-19-20-28(3,21-22)26(27)29-30(23-13-7-4-8-14-23,24-15-9-5-10-16-24)25-17-11-6-12-18-25/h4-18,22,26H,19-21H2,1-3H3. The first-order valence-corrected chi connectivity index (χ1v) is 13.2. The molecule has 0 aliphatic heterocycles. The molecule has 2 fully saturated rings. The third-order valence-corrected chi connectivity index (χ3v) is 12.0. The fourth-order valence-electron chi connectivity index (χ4n) is 6.45. The molecule has 3 aromatic rings. The predicted octanol–water partition coefficient (Wildman–Crippen LogP) is 4.88. The van der Waals surface area contributed by atoms with Gasteiger partial charge in [0.1, 0.15) is 0 Å². The molecule has 0 aromatic heterocycles. The van der Waals surface area contributed by atoms with Crippen molar-refractivity contribution in [3.8, 4) is 0 Å². The molecule has 0 amide bonds. The molecule has 2 heteroatoms. The molecule has 0 spiro atoms. The number of hydrogen-bond acceptors (Lipinski definition) is 1. The highest BCUT2D eigenvalue weighted by Crippen LogP contribution is 2.63. The van der Waals surface area contributed by atoms with Crippen LogP contribution < -0.4 is 15.6 Å². The largest absolute Gasteiger partial charge is 0.400 e. The number of benzene rings is 3. The predicted molar refractivity (Wildman–Crippen MR) is 128 cm³/mol. The molecule has 0 heterocycles. The third-order valence-electron chi connectivity index (χ3n) is 7.97. The van der Waals surface area contributed by atoms with E-state index < -0.39 is 8.32 Å². The van der Waals surface area contributed by atoms with Gasteiger partial charge in [0.05, 0.1) is 6.10 Å². The van der Waals surface area contributed by atoms with E-state index in [0.29, 0.717) is 0 Å². The van der Waals surface area contributed by atoms with Crippen molar-refractivity contribution in [2.24, 2.45) is 16.7 Å². The van der Waals surface area contributed by atoms with Gasteiger partial charge >= 0.3 is 0 Å². The highest BCUT2D eigenvalue weighted by Gasteiger charge is 2.62. The van der Waals surface area contributed by atoms with Crippen LogP contribution in [0, 0.1) is 16.7 Å². The van der Waals surface area contributed by atoms with Crippen LogP contribution in [0.15, 0.2) is 91.0 Å². The van der Waals surface area contributed by atoms with Gasteiger partial charge in [0.2, 0.25) is 0 Å². The van der Waals surface area contributed by atoms with E-state index in [2.05, 4.69) is 112 Å². The maximum atomic E-state index is 7.65. The Kier molecular flexibility index (Phi) is 4.76. The maximum Gasteiger partial charge on any atom is 0.288 e. The van der Waals surface area contributed by atoms with E-state index in [1.807, 2.05) is 0 Å². The molecule has 5 rings (SSSR count). The summed E-state index contributed by atoms with van der Waals surface area (Å²) in [6.07, 6.45) is 4.19. The van der Waals surface area contributed by atoms with Crippen LogP contribution in [0.25, 0.3) is 0 Å². The molecule has 2 bridgehead atoms. The van der Waals surface area contributed by atoms with Gasteiger partial charge in [-0.25, -0.2) is 0 Å². The van der Waals surface area contributed by atoms with Crippen molar-refractivity contribution in [2.45, 2.75) is 46.1 Å². The van der Waals surface area contributed by atoms with Crippen molar-refractivity contribution >= 4 is 23.9 Å². The van der Waals surface area contributed by atoms with Crippen LogP contribution in [0.1, 0.15) is 40.0 Å². The van der Waals surface area contributed by atoms with Gasteiger partial charge in [0.15, 0.2) is 0 Å². The first-order chi connectivity index (χ1) is 14.5. The third kappa shape index (κ3) is 2.92. The van der Waals surface area contributed by atoms with Crippen molar-refractivity contribution in [1.82, 2.24) is 0 Å². The molecule has 3 aromatic carbocycles. The van der Waals surface area contributed by atoms with Gasteiger partial charge in [-0.05, 0) is 51.6 Å². The summed E-state index contributed by atoms with van der Waals surface area (Å²) in [5, 5.41) is 4.01. The Hall–Kier alpha value is -2.16. The second kappa shape index (κ2) is 7.21. The molecule has 2 aliphatic rings. The van der Waals surface area contributed by atoms with Crippen molar-refractivity contribution in [1.29, 1.82) is 0 Å². The molecule has 154 valence electrons. The summed E-state index contributed by atoms with van der Waals surface area (Å²) in [5.41, 5.74) is 0.467. The summed E-state index contributed by atoms with van der Waals surface area (Å²) in [6.45, 7) is 7.38. The van der Waals surface area contributed by atoms with E-state index in [0.717, 1.165) is 5.92 Å². The van der Waals surface area contributed by atoms with Crippen molar-refractivity contribution in [3.63, 3.8) is 0 Å². The summed E-state index contributed by atoms with van der Waals surface area (Å²) in [4.78, 5) is 0. The number of hydrogen-bond donors (Lipinski definition) is 0. The second-order valence-corrected chi connectivity index (χ2v) is 13.5. The van der Waals surface area contributed by atoms with Crippen LogP contribution in [0.4, 0.5) is 0 Å². The Morgan fingerprint density at radius 3 is 1.50 bits per heavy atom. The average Bonchev–Trinajstić information content (AvgIpc) is 3.27. The Labute approximate surface area is 182 Å². The first-order valence-electron chi connectivity index (χ1n) is 11.3. The molecule has 2 aliphatic carbocycles. The molecule has 3 unspecified atom stereocenters. The molecule has 1 nitrogen and oxygen atoms in total.